The summed E-state index contributed by atoms with van der Waals surface area (Å²) in [4.78, 5) is 23.8. The standard InChI is InChI=1S/C25H24BrN3O2S/c1-4-7-20-22(5-2)32-25(28-20)29-23(30)19-14-16-13-17(26)10-11-21(16)31-24(19)27-18-9-6-8-15(3)12-18/h6,8-14H,4-5,7H2,1-3H3,(H,28,29,30). The number of hydrogen-bond donors (Lipinski definition) is 1. The molecule has 0 aliphatic heterocycles. The molecule has 4 aromatic rings. The molecule has 0 bridgehead atoms. The first-order valence-electron chi connectivity index (χ1n) is 10.6. The molecule has 0 fully saturated rings. The van der Waals surface area contributed by atoms with Crippen LogP contribution in [-0.2, 0) is 12.8 Å². The maximum absolute atomic E-state index is 13.3. The summed E-state index contributed by atoms with van der Waals surface area (Å²) in [5, 5.41) is 4.38. The molecule has 164 valence electrons. The van der Waals surface area contributed by atoms with Crippen molar-refractivity contribution in [2.24, 2.45) is 4.99 Å². The van der Waals surface area contributed by atoms with Crippen LogP contribution in [0.5, 0.6) is 0 Å². The summed E-state index contributed by atoms with van der Waals surface area (Å²) in [5.74, 6) is -0.290. The van der Waals surface area contributed by atoms with Crippen molar-refractivity contribution in [3.8, 4) is 0 Å². The maximum Gasteiger partial charge on any atom is 0.262 e. The molecular formula is C25H24BrN3O2S. The van der Waals surface area contributed by atoms with E-state index in [-0.39, 0.29) is 11.5 Å². The minimum absolute atomic E-state index is 0.268. The Kier molecular flexibility index (Phi) is 6.86. The van der Waals surface area contributed by atoms with Gasteiger partial charge in [0.05, 0.1) is 11.4 Å². The second-order valence-corrected chi connectivity index (χ2v) is 9.54. The van der Waals surface area contributed by atoms with E-state index >= 15 is 0 Å². The molecule has 0 saturated heterocycles. The second-order valence-electron chi connectivity index (χ2n) is 7.54. The number of amides is 1. The Morgan fingerprint density at radius 3 is 2.78 bits per heavy atom. The van der Waals surface area contributed by atoms with Crippen molar-refractivity contribution in [2.75, 3.05) is 5.32 Å². The number of aryl methyl sites for hydroxylation is 3. The highest BCUT2D eigenvalue weighted by molar-refractivity contribution is 9.10. The molecule has 0 aliphatic rings. The zero-order chi connectivity index (χ0) is 22.7. The lowest BCUT2D eigenvalue weighted by molar-refractivity contribution is 0.102. The van der Waals surface area contributed by atoms with Crippen molar-refractivity contribution in [3.63, 3.8) is 0 Å². The van der Waals surface area contributed by atoms with Gasteiger partial charge in [0.15, 0.2) is 5.13 Å². The molecule has 2 aromatic heterocycles. The summed E-state index contributed by atoms with van der Waals surface area (Å²) in [6, 6.07) is 15.3. The van der Waals surface area contributed by atoms with E-state index < -0.39 is 0 Å². The van der Waals surface area contributed by atoms with Crippen molar-refractivity contribution in [1.82, 2.24) is 4.98 Å². The highest BCUT2D eigenvalue weighted by Crippen LogP contribution is 2.26. The fourth-order valence-electron chi connectivity index (χ4n) is 3.47. The lowest BCUT2D eigenvalue weighted by Gasteiger charge is -2.06. The van der Waals surface area contributed by atoms with Crippen molar-refractivity contribution in [3.05, 3.63) is 80.3 Å². The van der Waals surface area contributed by atoms with Gasteiger partial charge in [-0.3, -0.25) is 10.1 Å². The topological polar surface area (TPSA) is 67.5 Å². The zero-order valence-corrected chi connectivity index (χ0v) is 20.6. The Bertz CT molecular complexity index is 1360. The third kappa shape index (κ3) is 5.00. The van der Waals surface area contributed by atoms with Gasteiger partial charge < -0.3 is 4.42 Å². The van der Waals surface area contributed by atoms with Gasteiger partial charge >= 0.3 is 0 Å². The van der Waals surface area contributed by atoms with Crippen LogP contribution >= 0.6 is 27.3 Å². The number of hydrogen-bond acceptors (Lipinski definition) is 5. The fraction of sp³-hybridized carbons (Fsp3) is 0.240. The number of carbonyl (C=O) groups excluding carboxylic acids is 1. The molecule has 1 amide bonds. The van der Waals surface area contributed by atoms with Gasteiger partial charge in [-0.05, 0) is 61.7 Å². The number of fused-ring (bicyclic) bond motifs is 1. The summed E-state index contributed by atoms with van der Waals surface area (Å²) in [7, 11) is 0. The smallest absolute Gasteiger partial charge is 0.262 e. The first-order chi connectivity index (χ1) is 15.5. The quantitative estimate of drug-likeness (QED) is 0.305. The zero-order valence-electron chi connectivity index (χ0n) is 18.2. The van der Waals surface area contributed by atoms with Crippen LogP contribution in [-0.4, -0.2) is 10.9 Å². The summed E-state index contributed by atoms with van der Waals surface area (Å²) in [6.45, 7) is 6.24. The van der Waals surface area contributed by atoms with Gasteiger partial charge in [-0.15, -0.1) is 11.3 Å². The minimum Gasteiger partial charge on any atom is -0.438 e. The number of anilines is 1. The maximum atomic E-state index is 13.3. The van der Waals surface area contributed by atoms with Crippen LogP contribution < -0.4 is 10.9 Å². The number of carbonyl (C=O) groups is 1. The van der Waals surface area contributed by atoms with E-state index in [1.165, 1.54) is 16.2 Å². The third-order valence-electron chi connectivity index (χ3n) is 4.99. The molecule has 2 heterocycles. The number of aromatic nitrogens is 1. The van der Waals surface area contributed by atoms with Crippen LogP contribution in [0.3, 0.4) is 0 Å². The summed E-state index contributed by atoms with van der Waals surface area (Å²) < 4.78 is 6.98. The molecule has 0 aliphatic carbocycles. The normalized spacial score (nSPS) is 11.8. The van der Waals surface area contributed by atoms with Gasteiger partial charge in [-0.2, -0.15) is 0 Å². The van der Waals surface area contributed by atoms with Crippen LogP contribution in [0.4, 0.5) is 10.8 Å². The molecular weight excluding hydrogens is 486 g/mol. The fourth-order valence-corrected chi connectivity index (χ4v) is 4.79. The summed E-state index contributed by atoms with van der Waals surface area (Å²) in [5.41, 5.74) is 4.16. The first-order valence-corrected chi connectivity index (χ1v) is 12.2. The average Bonchev–Trinajstić information content (AvgIpc) is 3.15. The summed E-state index contributed by atoms with van der Waals surface area (Å²) >= 11 is 5.02. The lowest BCUT2D eigenvalue weighted by atomic mass is 10.1. The van der Waals surface area contributed by atoms with Crippen LogP contribution in [0.25, 0.3) is 11.0 Å². The van der Waals surface area contributed by atoms with E-state index in [0.29, 0.717) is 16.3 Å². The van der Waals surface area contributed by atoms with Crippen LogP contribution in [0.2, 0.25) is 0 Å². The number of rotatable bonds is 6. The Morgan fingerprint density at radius 1 is 1.19 bits per heavy atom. The Morgan fingerprint density at radius 2 is 2.03 bits per heavy atom. The molecule has 5 nitrogen and oxygen atoms in total. The Labute approximate surface area is 199 Å². The molecule has 0 unspecified atom stereocenters. The van der Waals surface area contributed by atoms with Crippen LogP contribution in [0, 0.1) is 6.92 Å². The molecule has 0 spiro atoms. The number of thiazole rings is 1. The van der Waals surface area contributed by atoms with E-state index in [4.69, 9.17) is 4.42 Å². The monoisotopic (exact) mass is 509 g/mol. The van der Waals surface area contributed by atoms with Crippen molar-refractivity contribution < 1.29 is 9.21 Å². The van der Waals surface area contributed by atoms with Crippen molar-refractivity contribution >= 4 is 55.0 Å². The second kappa shape index (κ2) is 9.79. The van der Waals surface area contributed by atoms with Gasteiger partial charge in [0.25, 0.3) is 5.91 Å². The van der Waals surface area contributed by atoms with E-state index in [0.717, 1.165) is 46.1 Å². The molecule has 2 aromatic carbocycles. The molecule has 0 saturated carbocycles. The highest BCUT2D eigenvalue weighted by Gasteiger charge is 2.17. The number of nitrogens with zero attached hydrogens (tertiary/aromatic N) is 2. The summed E-state index contributed by atoms with van der Waals surface area (Å²) in [6.07, 6.45) is 2.82. The predicted octanol–water partition coefficient (Wildman–Crippen LogP) is 6.96. The Hall–Kier alpha value is -2.77. The molecule has 32 heavy (non-hydrogen) atoms. The third-order valence-corrected chi connectivity index (χ3v) is 6.64. The molecule has 7 heteroatoms. The number of halogens is 1. The van der Waals surface area contributed by atoms with E-state index in [9.17, 15) is 4.79 Å². The average molecular weight is 510 g/mol. The molecule has 0 radical (unpaired) electrons. The van der Waals surface area contributed by atoms with Crippen LogP contribution in [0.1, 0.15) is 46.8 Å². The minimum atomic E-state index is -0.290. The van der Waals surface area contributed by atoms with E-state index in [1.54, 1.807) is 0 Å². The number of nitrogens with one attached hydrogen (secondary N) is 1. The van der Waals surface area contributed by atoms with Gasteiger partial charge in [0, 0.05) is 14.7 Å². The lowest BCUT2D eigenvalue weighted by Crippen LogP contribution is -2.21. The van der Waals surface area contributed by atoms with Gasteiger partial charge in [0.2, 0.25) is 5.55 Å². The highest BCUT2D eigenvalue weighted by atomic mass is 79.9. The first kappa shape index (κ1) is 22.4. The predicted molar refractivity (Wildman–Crippen MR) is 134 cm³/mol. The molecule has 0 atom stereocenters. The SMILES string of the molecule is CCCc1nc(NC(=O)c2cc3cc(Br)ccc3oc2=Nc2cccc(C)c2)sc1CC. The van der Waals surface area contributed by atoms with Gasteiger partial charge in [0.1, 0.15) is 11.1 Å². The van der Waals surface area contributed by atoms with Crippen molar-refractivity contribution in [1.29, 1.82) is 0 Å². The van der Waals surface area contributed by atoms with Crippen LogP contribution in [0.15, 0.2) is 62.4 Å². The Balaban J connectivity index is 1.80. The number of benzene rings is 2. The van der Waals surface area contributed by atoms with E-state index in [2.05, 4.69) is 45.1 Å². The van der Waals surface area contributed by atoms with Crippen molar-refractivity contribution in [2.45, 2.75) is 40.0 Å². The van der Waals surface area contributed by atoms with Gasteiger partial charge in [-0.1, -0.05) is 48.3 Å². The largest absolute Gasteiger partial charge is 0.438 e. The van der Waals surface area contributed by atoms with Gasteiger partial charge in [-0.25, -0.2) is 9.98 Å². The molecule has 4 rings (SSSR count). The molecule has 1 N–H and O–H groups in total. The van der Waals surface area contributed by atoms with E-state index in [1.807, 2.05) is 55.5 Å².